The van der Waals surface area contributed by atoms with Crippen molar-refractivity contribution in [2.75, 3.05) is 26.3 Å². The van der Waals surface area contributed by atoms with Crippen LogP contribution in [0, 0.1) is 5.82 Å². The predicted molar refractivity (Wildman–Crippen MR) is 95.7 cm³/mol. The number of guanidine groups is 1. The average molecular weight is 409 g/mol. The Morgan fingerprint density at radius 1 is 1.38 bits per heavy atom. The van der Waals surface area contributed by atoms with Gasteiger partial charge in [0, 0.05) is 26.3 Å². The van der Waals surface area contributed by atoms with Crippen molar-refractivity contribution in [2.45, 2.75) is 26.2 Å². The van der Waals surface area contributed by atoms with E-state index in [2.05, 4.69) is 10.3 Å². The molecule has 0 fully saturated rings. The summed E-state index contributed by atoms with van der Waals surface area (Å²) in [5, 5.41) is 3.04. The lowest BCUT2D eigenvalue weighted by Gasteiger charge is -2.05. The van der Waals surface area contributed by atoms with Crippen molar-refractivity contribution in [1.29, 1.82) is 0 Å². The van der Waals surface area contributed by atoms with Gasteiger partial charge in [-0.15, -0.1) is 24.0 Å². The average Bonchev–Trinajstić information content (AvgIpc) is 2.43. The number of hydrogen-bond donors (Lipinski definition) is 2. The molecule has 0 spiro atoms. The van der Waals surface area contributed by atoms with Crippen LogP contribution in [0.4, 0.5) is 4.39 Å². The molecule has 0 radical (unpaired) electrons. The zero-order chi connectivity index (χ0) is 14.6. The van der Waals surface area contributed by atoms with Crippen molar-refractivity contribution in [3.05, 3.63) is 35.6 Å². The van der Waals surface area contributed by atoms with Gasteiger partial charge in [0.1, 0.15) is 5.82 Å². The van der Waals surface area contributed by atoms with Crippen LogP contribution < -0.4 is 11.1 Å². The topological polar surface area (TPSA) is 59.6 Å². The Balaban J connectivity index is 0.00000400. The standard InChI is InChI=1S/C15H24FN3O.HI/c1-2-20-11-5-10-19-15(17)18-9-4-7-13-6-3-8-14(16)12-13;/h3,6,8,12H,2,4-5,7,9-11H2,1H3,(H3,17,18,19);1H. The zero-order valence-electron chi connectivity index (χ0n) is 12.5. The van der Waals surface area contributed by atoms with Crippen molar-refractivity contribution in [3.8, 4) is 0 Å². The lowest BCUT2D eigenvalue weighted by molar-refractivity contribution is 0.145. The van der Waals surface area contributed by atoms with Crippen LogP contribution in [0.15, 0.2) is 29.3 Å². The molecule has 0 saturated carbocycles. The molecule has 0 unspecified atom stereocenters. The van der Waals surface area contributed by atoms with Crippen LogP contribution in [0.25, 0.3) is 0 Å². The fraction of sp³-hybridized carbons (Fsp3) is 0.533. The summed E-state index contributed by atoms with van der Waals surface area (Å²) in [6.07, 6.45) is 2.57. The number of benzene rings is 1. The first-order valence-corrected chi connectivity index (χ1v) is 7.08. The van der Waals surface area contributed by atoms with Gasteiger partial charge in [-0.3, -0.25) is 4.99 Å². The predicted octanol–water partition coefficient (Wildman–Crippen LogP) is 2.71. The number of aryl methyl sites for hydroxylation is 1. The lowest BCUT2D eigenvalue weighted by Crippen LogP contribution is -2.33. The molecule has 0 heterocycles. The molecular formula is C15H25FIN3O. The molecular weight excluding hydrogens is 384 g/mol. The van der Waals surface area contributed by atoms with Gasteiger partial charge in [0.2, 0.25) is 0 Å². The van der Waals surface area contributed by atoms with E-state index >= 15 is 0 Å². The number of nitrogens with two attached hydrogens (primary N) is 1. The summed E-state index contributed by atoms with van der Waals surface area (Å²) in [6.45, 7) is 4.85. The van der Waals surface area contributed by atoms with Crippen LogP contribution in [-0.2, 0) is 11.2 Å². The maximum atomic E-state index is 13.0. The van der Waals surface area contributed by atoms with Crippen LogP contribution in [0.3, 0.4) is 0 Å². The molecule has 0 saturated heterocycles. The number of ether oxygens (including phenoxy) is 1. The van der Waals surface area contributed by atoms with E-state index in [-0.39, 0.29) is 29.8 Å². The number of nitrogens with zero attached hydrogens (tertiary/aromatic N) is 1. The van der Waals surface area contributed by atoms with Gasteiger partial charge in [0.25, 0.3) is 0 Å². The Morgan fingerprint density at radius 3 is 2.90 bits per heavy atom. The number of aliphatic imine (C=N–C) groups is 1. The van der Waals surface area contributed by atoms with E-state index in [1.54, 1.807) is 12.1 Å². The summed E-state index contributed by atoms with van der Waals surface area (Å²) in [6, 6.07) is 6.65. The first kappa shape index (κ1) is 20.1. The maximum Gasteiger partial charge on any atom is 0.188 e. The van der Waals surface area contributed by atoms with Crippen LogP contribution in [0.5, 0.6) is 0 Å². The second-order valence-electron chi connectivity index (χ2n) is 4.48. The molecule has 0 aromatic heterocycles. The normalized spacial score (nSPS) is 11.0. The minimum atomic E-state index is -0.193. The molecule has 120 valence electrons. The Morgan fingerprint density at radius 2 is 2.19 bits per heavy atom. The quantitative estimate of drug-likeness (QED) is 0.286. The number of rotatable bonds is 9. The molecule has 0 aliphatic heterocycles. The first-order valence-electron chi connectivity index (χ1n) is 7.08. The SMILES string of the molecule is CCOCCCNC(N)=NCCCc1cccc(F)c1.I. The van der Waals surface area contributed by atoms with E-state index in [1.165, 1.54) is 6.07 Å². The number of halogens is 2. The third-order valence-corrected chi connectivity index (χ3v) is 2.77. The van der Waals surface area contributed by atoms with Crippen molar-refractivity contribution < 1.29 is 9.13 Å². The Kier molecular flexibility index (Phi) is 12.3. The first-order chi connectivity index (χ1) is 9.72. The number of nitrogens with one attached hydrogen (secondary N) is 1. The van der Waals surface area contributed by atoms with Crippen molar-refractivity contribution >= 4 is 29.9 Å². The molecule has 0 aliphatic carbocycles. The summed E-state index contributed by atoms with van der Waals surface area (Å²) in [5.41, 5.74) is 6.72. The smallest absolute Gasteiger partial charge is 0.188 e. The second-order valence-corrected chi connectivity index (χ2v) is 4.48. The van der Waals surface area contributed by atoms with Gasteiger partial charge in [0.05, 0.1) is 0 Å². The fourth-order valence-electron chi connectivity index (χ4n) is 1.77. The van der Waals surface area contributed by atoms with Crippen molar-refractivity contribution in [1.82, 2.24) is 5.32 Å². The van der Waals surface area contributed by atoms with Gasteiger partial charge in [0.15, 0.2) is 5.96 Å². The van der Waals surface area contributed by atoms with Crippen LogP contribution in [0.2, 0.25) is 0 Å². The van der Waals surface area contributed by atoms with E-state index in [4.69, 9.17) is 10.5 Å². The third-order valence-electron chi connectivity index (χ3n) is 2.77. The largest absolute Gasteiger partial charge is 0.382 e. The molecule has 1 aromatic carbocycles. The van der Waals surface area contributed by atoms with E-state index in [9.17, 15) is 4.39 Å². The highest BCUT2D eigenvalue weighted by atomic mass is 127. The van der Waals surface area contributed by atoms with Gasteiger partial charge in [-0.25, -0.2) is 4.39 Å². The zero-order valence-corrected chi connectivity index (χ0v) is 14.8. The molecule has 3 N–H and O–H groups in total. The highest BCUT2D eigenvalue weighted by molar-refractivity contribution is 14.0. The van der Waals surface area contributed by atoms with Gasteiger partial charge in [-0.05, 0) is 43.9 Å². The monoisotopic (exact) mass is 409 g/mol. The van der Waals surface area contributed by atoms with Crippen LogP contribution >= 0.6 is 24.0 Å². The van der Waals surface area contributed by atoms with Crippen LogP contribution in [-0.4, -0.2) is 32.3 Å². The molecule has 0 bridgehead atoms. The van der Waals surface area contributed by atoms with E-state index in [0.29, 0.717) is 12.5 Å². The molecule has 0 amide bonds. The minimum absolute atomic E-state index is 0. The van der Waals surface area contributed by atoms with Crippen molar-refractivity contribution in [3.63, 3.8) is 0 Å². The molecule has 6 heteroatoms. The van der Waals surface area contributed by atoms with Gasteiger partial charge < -0.3 is 15.8 Å². The summed E-state index contributed by atoms with van der Waals surface area (Å²) in [5.74, 6) is 0.266. The minimum Gasteiger partial charge on any atom is -0.382 e. The second kappa shape index (κ2) is 12.8. The summed E-state index contributed by atoms with van der Waals surface area (Å²) in [4.78, 5) is 4.23. The molecule has 1 rings (SSSR count). The fourth-order valence-corrected chi connectivity index (χ4v) is 1.77. The maximum absolute atomic E-state index is 13.0. The summed E-state index contributed by atoms with van der Waals surface area (Å²) in [7, 11) is 0. The summed E-state index contributed by atoms with van der Waals surface area (Å²) < 4.78 is 18.2. The Bertz CT molecular complexity index is 416. The van der Waals surface area contributed by atoms with Gasteiger partial charge in [-0.1, -0.05) is 12.1 Å². The van der Waals surface area contributed by atoms with Crippen molar-refractivity contribution in [2.24, 2.45) is 10.7 Å². The van der Waals surface area contributed by atoms with Gasteiger partial charge in [-0.2, -0.15) is 0 Å². The van der Waals surface area contributed by atoms with Gasteiger partial charge >= 0.3 is 0 Å². The Hall–Kier alpha value is -0.890. The molecule has 0 aliphatic rings. The van der Waals surface area contributed by atoms with E-state index in [0.717, 1.165) is 44.6 Å². The number of hydrogen-bond acceptors (Lipinski definition) is 2. The van der Waals surface area contributed by atoms with E-state index in [1.807, 2.05) is 13.0 Å². The third kappa shape index (κ3) is 10.5. The highest BCUT2D eigenvalue weighted by Crippen LogP contribution is 2.05. The Labute approximate surface area is 143 Å². The molecule has 0 atom stereocenters. The molecule has 4 nitrogen and oxygen atoms in total. The molecule has 1 aromatic rings. The van der Waals surface area contributed by atoms with Crippen LogP contribution in [0.1, 0.15) is 25.3 Å². The van der Waals surface area contributed by atoms with E-state index < -0.39 is 0 Å². The molecule has 21 heavy (non-hydrogen) atoms. The lowest BCUT2D eigenvalue weighted by atomic mass is 10.1. The highest BCUT2D eigenvalue weighted by Gasteiger charge is 1.96. The summed E-state index contributed by atoms with van der Waals surface area (Å²) >= 11 is 0.